The third kappa shape index (κ3) is 2.94. The van der Waals surface area contributed by atoms with Gasteiger partial charge in [-0.25, -0.2) is 4.79 Å². The van der Waals surface area contributed by atoms with Gasteiger partial charge in [0.25, 0.3) is 0 Å². The van der Waals surface area contributed by atoms with Gasteiger partial charge in [-0.15, -0.1) is 0 Å². The van der Waals surface area contributed by atoms with E-state index in [0.717, 1.165) is 28.5 Å². The van der Waals surface area contributed by atoms with E-state index in [4.69, 9.17) is 4.74 Å². The second kappa shape index (κ2) is 6.51. The van der Waals surface area contributed by atoms with E-state index in [-0.39, 0.29) is 11.8 Å². The summed E-state index contributed by atoms with van der Waals surface area (Å²) in [6.45, 7) is 2.36. The van der Waals surface area contributed by atoms with E-state index in [1.54, 1.807) is 7.11 Å². The van der Waals surface area contributed by atoms with Gasteiger partial charge in [0.2, 0.25) is 5.91 Å². The van der Waals surface area contributed by atoms with Crippen molar-refractivity contribution < 1.29 is 19.4 Å². The third-order valence-electron chi connectivity index (χ3n) is 4.76. The van der Waals surface area contributed by atoms with E-state index in [0.29, 0.717) is 13.0 Å². The van der Waals surface area contributed by atoms with Gasteiger partial charge in [0, 0.05) is 6.54 Å². The van der Waals surface area contributed by atoms with Crippen molar-refractivity contribution in [2.24, 2.45) is 0 Å². The first-order chi connectivity index (χ1) is 11.5. The van der Waals surface area contributed by atoms with Crippen LogP contribution in [0.2, 0.25) is 0 Å². The van der Waals surface area contributed by atoms with E-state index in [1.807, 2.05) is 43.3 Å². The molecule has 2 aromatic rings. The molecule has 0 aliphatic carbocycles. The Balaban J connectivity index is 1.86. The number of hydrogen-bond acceptors (Lipinski definition) is 3. The average molecular weight is 327 g/mol. The van der Waals surface area contributed by atoms with Crippen LogP contribution in [0.4, 0.5) is 0 Å². The Morgan fingerprint density at radius 3 is 2.62 bits per heavy atom. The Morgan fingerprint density at radius 1 is 1.21 bits per heavy atom. The van der Waals surface area contributed by atoms with Crippen LogP contribution in [0.5, 0.6) is 5.75 Å². The fourth-order valence-electron chi connectivity index (χ4n) is 3.32. The van der Waals surface area contributed by atoms with Crippen LogP contribution in [0.15, 0.2) is 36.4 Å². The largest absolute Gasteiger partial charge is 0.497 e. The molecule has 1 aliphatic rings. The molecule has 1 saturated heterocycles. The molecule has 1 N–H and O–H groups in total. The van der Waals surface area contributed by atoms with Crippen LogP contribution in [-0.4, -0.2) is 41.6 Å². The lowest BCUT2D eigenvalue weighted by atomic mass is 9.96. The zero-order chi connectivity index (χ0) is 17.3. The minimum atomic E-state index is -0.918. The molecule has 0 aromatic heterocycles. The SMILES string of the molecule is COc1ccc2cc([C@H](C)C(=O)N3CCC[C@H]3C(=O)O)ccc2c1. The summed E-state index contributed by atoms with van der Waals surface area (Å²) in [6.07, 6.45) is 1.28. The summed E-state index contributed by atoms with van der Waals surface area (Å²) in [4.78, 5) is 25.5. The highest BCUT2D eigenvalue weighted by Crippen LogP contribution is 2.28. The summed E-state index contributed by atoms with van der Waals surface area (Å²) < 4.78 is 5.22. The first-order valence-electron chi connectivity index (χ1n) is 8.12. The van der Waals surface area contributed by atoms with Crippen molar-refractivity contribution in [3.05, 3.63) is 42.0 Å². The van der Waals surface area contributed by atoms with Crippen LogP contribution in [0.25, 0.3) is 10.8 Å². The second-order valence-electron chi connectivity index (χ2n) is 6.22. The molecule has 0 spiro atoms. The highest BCUT2D eigenvalue weighted by molar-refractivity contribution is 5.90. The van der Waals surface area contributed by atoms with Gasteiger partial charge >= 0.3 is 5.97 Å². The summed E-state index contributed by atoms with van der Waals surface area (Å²) in [6, 6.07) is 11.0. The number of benzene rings is 2. The highest BCUT2D eigenvalue weighted by atomic mass is 16.5. The molecule has 1 heterocycles. The predicted octanol–water partition coefficient (Wildman–Crippen LogP) is 3.03. The number of likely N-dealkylation sites (tertiary alicyclic amines) is 1. The van der Waals surface area contributed by atoms with Crippen molar-refractivity contribution in [2.75, 3.05) is 13.7 Å². The lowest BCUT2D eigenvalue weighted by Crippen LogP contribution is -2.42. The van der Waals surface area contributed by atoms with E-state index in [2.05, 4.69) is 0 Å². The minimum Gasteiger partial charge on any atom is -0.497 e. The summed E-state index contributed by atoms with van der Waals surface area (Å²) in [5.74, 6) is -0.608. The zero-order valence-electron chi connectivity index (χ0n) is 13.9. The molecule has 0 radical (unpaired) electrons. The normalized spacial score (nSPS) is 18.6. The number of aliphatic carboxylic acids is 1. The first kappa shape index (κ1) is 16.3. The maximum absolute atomic E-state index is 12.7. The molecule has 0 unspecified atom stereocenters. The summed E-state index contributed by atoms with van der Waals surface area (Å²) in [5.41, 5.74) is 0.897. The quantitative estimate of drug-likeness (QED) is 0.937. The van der Waals surface area contributed by atoms with Crippen molar-refractivity contribution in [1.29, 1.82) is 0 Å². The maximum atomic E-state index is 12.7. The fourth-order valence-corrected chi connectivity index (χ4v) is 3.32. The van der Waals surface area contributed by atoms with E-state index < -0.39 is 12.0 Å². The van der Waals surface area contributed by atoms with Gasteiger partial charge in [0.1, 0.15) is 11.8 Å². The van der Waals surface area contributed by atoms with Gasteiger partial charge in [-0.05, 0) is 48.2 Å². The van der Waals surface area contributed by atoms with E-state index in [9.17, 15) is 14.7 Å². The molecule has 1 amide bonds. The number of nitrogens with zero attached hydrogens (tertiary/aromatic N) is 1. The number of carbonyl (C=O) groups excluding carboxylic acids is 1. The van der Waals surface area contributed by atoms with Crippen molar-refractivity contribution in [1.82, 2.24) is 4.90 Å². The lowest BCUT2D eigenvalue weighted by molar-refractivity contribution is -0.148. The Morgan fingerprint density at radius 2 is 1.92 bits per heavy atom. The standard InChI is InChI=1S/C19H21NO4/c1-12(18(21)20-9-3-4-17(20)19(22)23)13-5-6-15-11-16(24-2)8-7-14(15)10-13/h5-8,10-12,17H,3-4,9H2,1-2H3,(H,22,23)/t12-,17-/m0/s1. The molecule has 0 bridgehead atoms. The molecule has 3 rings (SSSR count). The average Bonchev–Trinajstić information content (AvgIpc) is 3.09. The van der Waals surface area contributed by atoms with Gasteiger partial charge in [-0.3, -0.25) is 4.79 Å². The van der Waals surface area contributed by atoms with Crippen molar-refractivity contribution >= 4 is 22.6 Å². The molecule has 5 nitrogen and oxygen atoms in total. The number of carbonyl (C=O) groups is 2. The van der Waals surface area contributed by atoms with Gasteiger partial charge in [-0.2, -0.15) is 0 Å². The van der Waals surface area contributed by atoms with Crippen LogP contribution in [-0.2, 0) is 9.59 Å². The molecule has 1 aliphatic heterocycles. The number of methoxy groups -OCH3 is 1. The molecule has 1 fully saturated rings. The number of ether oxygens (including phenoxy) is 1. The maximum Gasteiger partial charge on any atom is 0.326 e. The van der Waals surface area contributed by atoms with Crippen LogP contribution >= 0.6 is 0 Å². The zero-order valence-corrected chi connectivity index (χ0v) is 13.9. The van der Waals surface area contributed by atoms with Crippen molar-refractivity contribution in [3.63, 3.8) is 0 Å². The van der Waals surface area contributed by atoms with E-state index in [1.165, 1.54) is 4.90 Å². The second-order valence-corrected chi connectivity index (χ2v) is 6.22. The molecule has 24 heavy (non-hydrogen) atoms. The van der Waals surface area contributed by atoms with Crippen molar-refractivity contribution in [3.8, 4) is 5.75 Å². The van der Waals surface area contributed by atoms with Crippen LogP contribution in [0.3, 0.4) is 0 Å². The Bertz CT molecular complexity index is 786. The number of hydrogen-bond donors (Lipinski definition) is 1. The van der Waals surface area contributed by atoms with E-state index >= 15 is 0 Å². The molecule has 2 atom stereocenters. The predicted molar refractivity (Wildman–Crippen MR) is 91.3 cm³/mol. The van der Waals surface area contributed by atoms with Gasteiger partial charge in [0.15, 0.2) is 0 Å². The molecule has 0 saturated carbocycles. The van der Waals surface area contributed by atoms with Gasteiger partial charge in [0.05, 0.1) is 13.0 Å². The minimum absolute atomic E-state index is 0.118. The smallest absolute Gasteiger partial charge is 0.326 e. The number of amides is 1. The Kier molecular flexibility index (Phi) is 4.42. The van der Waals surface area contributed by atoms with Crippen LogP contribution in [0.1, 0.15) is 31.2 Å². The summed E-state index contributed by atoms with van der Waals surface area (Å²) in [5, 5.41) is 11.3. The van der Waals surface area contributed by atoms with Crippen molar-refractivity contribution in [2.45, 2.75) is 31.7 Å². The third-order valence-corrected chi connectivity index (χ3v) is 4.76. The summed E-state index contributed by atoms with van der Waals surface area (Å²) >= 11 is 0. The fraction of sp³-hybridized carbons (Fsp3) is 0.368. The van der Waals surface area contributed by atoms with Gasteiger partial charge in [-0.1, -0.05) is 24.3 Å². The Labute approximate surface area is 140 Å². The first-order valence-corrected chi connectivity index (χ1v) is 8.12. The van der Waals surface area contributed by atoms with Gasteiger partial charge < -0.3 is 14.7 Å². The molecular formula is C19H21NO4. The highest BCUT2D eigenvalue weighted by Gasteiger charge is 2.36. The number of rotatable bonds is 4. The summed E-state index contributed by atoms with van der Waals surface area (Å²) in [7, 11) is 1.63. The number of carboxylic acid groups (broad SMARTS) is 1. The number of fused-ring (bicyclic) bond motifs is 1. The number of carboxylic acids is 1. The molecular weight excluding hydrogens is 306 g/mol. The van der Waals surface area contributed by atoms with Crippen LogP contribution < -0.4 is 4.74 Å². The molecule has 5 heteroatoms. The molecule has 126 valence electrons. The Hall–Kier alpha value is -2.56. The van der Waals surface area contributed by atoms with Crippen LogP contribution in [0, 0.1) is 0 Å². The monoisotopic (exact) mass is 327 g/mol. The molecule has 2 aromatic carbocycles. The topological polar surface area (TPSA) is 66.8 Å². The lowest BCUT2D eigenvalue weighted by Gasteiger charge is -2.25.